The zero-order chi connectivity index (χ0) is 24.9. The smallest absolute Gasteiger partial charge is 0.251 e. The Bertz CT molecular complexity index is 1360. The van der Waals surface area contributed by atoms with E-state index in [9.17, 15) is 9.18 Å². The first-order chi connectivity index (χ1) is 16.9. The zero-order valence-electron chi connectivity index (χ0n) is 19.4. The van der Waals surface area contributed by atoms with Crippen molar-refractivity contribution in [3.63, 3.8) is 0 Å². The van der Waals surface area contributed by atoms with Crippen LogP contribution in [0.5, 0.6) is 5.75 Å². The van der Waals surface area contributed by atoms with Crippen LogP contribution in [-0.2, 0) is 6.54 Å². The Kier molecular flexibility index (Phi) is 7.26. The maximum atomic E-state index is 13.8. The fourth-order valence-corrected chi connectivity index (χ4v) is 3.55. The standard InChI is InChI=1S/C25H24ClFN6O2/c1-15(2)33-14-18(12-30-33)23-19(26)13-29-25(32-23)31-21-9-8-16(10-22(21)35-3)24(34)28-11-17-6-4-5-7-20(17)27/h4-10,12-15H,11H2,1-3H3,(H,28,34)(H,29,31,32). The van der Waals surface area contributed by atoms with Gasteiger partial charge in [0, 0.05) is 35.5 Å². The van der Waals surface area contributed by atoms with Crippen molar-refractivity contribution in [2.75, 3.05) is 12.4 Å². The Balaban J connectivity index is 1.51. The molecular weight excluding hydrogens is 471 g/mol. The number of carbonyl (C=O) groups is 1. The maximum Gasteiger partial charge on any atom is 0.251 e. The second-order valence-electron chi connectivity index (χ2n) is 8.01. The van der Waals surface area contributed by atoms with E-state index in [1.54, 1.807) is 42.6 Å². The number of amides is 1. The molecule has 35 heavy (non-hydrogen) atoms. The van der Waals surface area contributed by atoms with E-state index in [0.29, 0.717) is 39.2 Å². The van der Waals surface area contributed by atoms with Crippen LogP contribution in [0.25, 0.3) is 11.3 Å². The number of carbonyl (C=O) groups excluding carboxylic acids is 1. The second-order valence-corrected chi connectivity index (χ2v) is 8.41. The molecule has 2 aromatic heterocycles. The number of benzene rings is 2. The molecule has 2 aromatic carbocycles. The number of halogens is 2. The summed E-state index contributed by atoms with van der Waals surface area (Å²) in [5.41, 5.74) is 2.63. The predicted octanol–water partition coefficient (Wildman–Crippen LogP) is 5.40. The van der Waals surface area contributed by atoms with Crippen molar-refractivity contribution in [1.29, 1.82) is 0 Å². The number of nitrogens with one attached hydrogen (secondary N) is 2. The van der Waals surface area contributed by atoms with E-state index in [0.717, 1.165) is 5.56 Å². The summed E-state index contributed by atoms with van der Waals surface area (Å²) in [7, 11) is 1.50. The molecule has 0 aliphatic carbocycles. The first-order valence-electron chi connectivity index (χ1n) is 10.9. The molecular formula is C25H24ClFN6O2. The molecule has 0 radical (unpaired) electrons. The van der Waals surface area contributed by atoms with Crippen molar-refractivity contribution >= 4 is 29.1 Å². The zero-order valence-corrected chi connectivity index (χ0v) is 20.2. The third-order valence-electron chi connectivity index (χ3n) is 5.26. The molecule has 0 saturated carbocycles. The van der Waals surface area contributed by atoms with Gasteiger partial charge in [0.2, 0.25) is 5.95 Å². The van der Waals surface area contributed by atoms with E-state index in [-0.39, 0.29) is 24.3 Å². The second kappa shape index (κ2) is 10.5. The summed E-state index contributed by atoms with van der Waals surface area (Å²) in [6, 6.07) is 11.4. The SMILES string of the molecule is COc1cc(C(=O)NCc2ccccc2F)ccc1Nc1ncc(Cl)c(-c2cnn(C(C)C)c2)n1. The van der Waals surface area contributed by atoms with Crippen LogP contribution in [0.3, 0.4) is 0 Å². The third-order valence-corrected chi connectivity index (χ3v) is 5.53. The van der Waals surface area contributed by atoms with Crippen LogP contribution in [0.4, 0.5) is 16.0 Å². The maximum absolute atomic E-state index is 13.8. The van der Waals surface area contributed by atoms with Crippen LogP contribution in [0.2, 0.25) is 5.02 Å². The normalized spacial score (nSPS) is 10.9. The van der Waals surface area contributed by atoms with E-state index < -0.39 is 0 Å². The molecule has 0 unspecified atom stereocenters. The minimum absolute atomic E-state index is 0.0720. The summed E-state index contributed by atoms with van der Waals surface area (Å²) < 4.78 is 21.1. The van der Waals surface area contributed by atoms with Crippen molar-refractivity contribution in [2.45, 2.75) is 26.4 Å². The Morgan fingerprint density at radius 1 is 1.20 bits per heavy atom. The highest BCUT2D eigenvalue weighted by molar-refractivity contribution is 6.32. The average Bonchev–Trinajstić information content (AvgIpc) is 3.35. The molecule has 0 saturated heterocycles. The number of hydrogen-bond acceptors (Lipinski definition) is 6. The lowest BCUT2D eigenvalue weighted by atomic mass is 10.1. The lowest BCUT2D eigenvalue weighted by Gasteiger charge is -2.13. The third kappa shape index (κ3) is 5.58. The molecule has 10 heteroatoms. The van der Waals surface area contributed by atoms with Gasteiger partial charge in [-0.3, -0.25) is 9.48 Å². The molecule has 4 rings (SSSR count). The number of methoxy groups -OCH3 is 1. The molecule has 0 fully saturated rings. The van der Waals surface area contributed by atoms with Crippen molar-refractivity contribution in [2.24, 2.45) is 0 Å². The van der Waals surface area contributed by atoms with Crippen LogP contribution in [0.1, 0.15) is 35.8 Å². The molecule has 4 aromatic rings. The van der Waals surface area contributed by atoms with E-state index in [1.807, 2.05) is 24.7 Å². The summed E-state index contributed by atoms with van der Waals surface area (Å²) in [6.07, 6.45) is 5.08. The molecule has 0 atom stereocenters. The molecule has 8 nitrogen and oxygen atoms in total. The highest BCUT2D eigenvalue weighted by Gasteiger charge is 2.15. The van der Waals surface area contributed by atoms with Crippen molar-refractivity contribution < 1.29 is 13.9 Å². The number of aromatic nitrogens is 4. The lowest BCUT2D eigenvalue weighted by molar-refractivity contribution is 0.0950. The van der Waals surface area contributed by atoms with Crippen LogP contribution in [-0.4, -0.2) is 32.8 Å². The molecule has 180 valence electrons. The van der Waals surface area contributed by atoms with Crippen LogP contribution < -0.4 is 15.4 Å². The topological polar surface area (TPSA) is 94.0 Å². The summed E-state index contributed by atoms with van der Waals surface area (Å²) in [6.45, 7) is 4.13. The molecule has 2 heterocycles. The van der Waals surface area contributed by atoms with Gasteiger partial charge in [-0.1, -0.05) is 29.8 Å². The number of hydrogen-bond donors (Lipinski definition) is 2. The first-order valence-corrected chi connectivity index (χ1v) is 11.3. The van der Waals surface area contributed by atoms with Gasteiger partial charge in [-0.25, -0.2) is 14.4 Å². The van der Waals surface area contributed by atoms with Gasteiger partial charge in [0.15, 0.2) is 0 Å². The lowest BCUT2D eigenvalue weighted by Crippen LogP contribution is -2.23. The number of ether oxygens (including phenoxy) is 1. The predicted molar refractivity (Wildman–Crippen MR) is 132 cm³/mol. The van der Waals surface area contributed by atoms with E-state index in [4.69, 9.17) is 16.3 Å². The van der Waals surface area contributed by atoms with Crippen LogP contribution >= 0.6 is 11.6 Å². The molecule has 0 bridgehead atoms. The van der Waals surface area contributed by atoms with Gasteiger partial charge in [0.1, 0.15) is 11.6 Å². The molecule has 1 amide bonds. The summed E-state index contributed by atoms with van der Waals surface area (Å²) in [4.78, 5) is 21.4. The van der Waals surface area contributed by atoms with Crippen molar-refractivity contribution in [1.82, 2.24) is 25.1 Å². The monoisotopic (exact) mass is 494 g/mol. The van der Waals surface area contributed by atoms with Crippen molar-refractivity contribution in [3.8, 4) is 17.0 Å². The van der Waals surface area contributed by atoms with Gasteiger partial charge in [-0.15, -0.1) is 0 Å². The fraction of sp³-hybridized carbons (Fsp3) is 0.200. The summed E-state index contributed by atoms with van der Waals surface area (Å²) >= 11 is 6.34. The molecule has 0 spiro atoms. The van der Waals surface area contributed by atoms with E-state index >= 15 is 0 Å². The first kappa shape index (κ1) is 24.2. The summed E-state index contributed by atoms with van der Waals surface area (Å²) in [5.74, 6) is -0.0119. The van der Waals surface area contributed by atoms with Crippen LogP contribution in [0, 0.1) is 5.82 Å². The van der Waals surface area contributed by atoms with Crippen LogP contribution in [0.15, 0.2) is 61.1 Å². The van der Waals surface area contributed by atoms with Gasteiger partial charge < -0.3 is 15.4 Å². The van der Waals surface area contributed by atoms with E-state index in [2.05, 4.69) is 25.7 Å². The highest BCUT2D eigenvalue weighted by Crippen LogP contribution is 2.31. The highest BCUT2D eigenvalue weighted by atomic mass is 35.5. The Labute approximate surface area is 207 Å². The Morgan fingerprint density at radius 2 is 2.00 bits per heavy atom. The number of nitrogens with zero attached hydrogens (tertiary/aromatic N) is 4. The van der Waals surface area contributed by atoms with Gasteiger partial charge in [-0.2, -0.15) is 5.10 Å². The largest absolute Gasteiger partial charge is 0.495 e. The minimum Gasteiger partial charge on any atom is -0.495 e. The Hall–Kier alpha value is -3.98. The molecule has 2 N–H and O–H groups in total. The summed E-state index contributed by atoms with van der Waals surface area (Å²) in [5, 5.41) is 10.6. The van der Waals surface area contributed by atoms with Gasteiger partial charge in [-0.05, 0) is 38.1 Å². The number of rotatable bonds is 8. The van der Waals surface area contributed by atoms with Gasteiger partial charge in [0.25, 0.3) is 5.91 Å². The molecule has 0 aliphatic heterocycles. The van der Waals surface area contributed by atoms with Gasteiger partial charge in [0.05, 0.1) is 35.9 Å². The van der Waals surface area contributed by atoms with Gasteiger partial charge >= 0.3 is 0 Å². The van der Waals surface area contributed by atoms with E-state index in [1.165, 1.54) is 19.4 Å². The van der Waals surface area contributed by atoms with Crippen molar-refractivity contribution in [3.05, 3.63) is 83.0 Å². The number of anilines is 2. The minimum atomic E-state index is -0.371. The molecule has 0 aliphatic rings. The Morgan fingerprint density at radius 3 is 2.71 bits per heavy atom. The quantitative estimate of drug-likeness (QED) is 0.341. The fourth-order valence-electron chi connectivity index (χ4n) is 3.35. The average molecular weight is 495 g/mol.